The molecule has 0 unspecified atom stereocenters. The summed E-state index contributed by atoms with van der Waals surface area (Å²) in [5, 5.41) is 0. The van der Waals surface area contributed by atoms with Gasteiger partial charge in [0.05, 0.1) is 0 Å². The highest BCUT2D eigenvalue weighted by Crippen LogP contribution is 2.09. The molecule has 0 atom stereocenters. The van der Waals surface area contributed by atoms with Gasteiger partial charge in [0.2, 0.25) is 5.91 Å². The zero-order valence-electron chi connectivity index (χ0n) is 5.01. The Morgan fingerprint density at radius 1 is 1.67 bits per heavy atom. The standard InChI is InChI=1S/C6H8ClNO/c7-3-5-8-4-1-2-6(8)9/h3,5H,1-2,4H2/b5-3-. The Kier molecular flexibility index (Phi) is 2.11. The third kappa shape index (κ3) is 1.45. The molecule has 1 aliphatic heterocycles. The molecule has 1 fully saturated rings. The molecule has 1 saturated heterocycles. The van der Waals surface area contributed by atoms with Crippen LogP contribution in [-0.2, 0) is 4.79 Å². The maximum Gasteiger partial charge on any atom is 0.226 e. The van der Waals surface area contributed by atoms with Gasteiger partial charge in [-0.2, -0.15) is 0 Å². The molecular weight excluding hydrogens is 138 g/mol. The van der Waals surface area contributed by atoms with Gasteiger partial charge in [0.25, 0.3) is 0 Å². The van der Waals surface area contributed by atoms with Crippen molar-refractivity contribution in [2.24, 2.45) is 0 Å². The molecule has 0 radical (unpaired) electrons. The van der Waals surface area contributed by atoms with E-state index in [4.69, 9.17) is 11.6 Å². The quantitative estimate of drug-likeness (QED) is 0.545. The summed E-state index contributed by atoms with van der Waals surface area (Å²) in [5.41, 5.74) is 1.36. The van der Waals surface area contributed by atoms with E-state index in [1.165, 1.54) is 5.54 Å². The molecule has 0 N–H and O–H groups in total. The van der Waals surface area contributed by atoms with E-state index < -0.39 is 0 Å². The van der Waals surface area contributed by atoms with Crippen molar-refractivity contribution in [3.05, 3.63) is 11.7 Å². The Morgan fingerprint density at radius 2 is 2.44 bits per heavy atom. The highest BCUT2D eigenvalue weighted by atomic mass is 35.5. The van der Waals surface area contributed by atoms with Crippen LogP contribution >= 0.6 is 11.6 Å². The van der Waals surface area contributed by atoms with Gasteiger partial charge in [-0.3, -0.25) is 4.79 Å². The number of halogens is 1. The van der Waals surface area contributed by atoms with Gasteiger partial charge in [0.15, 0.2) is 0 Å². The molecule has 2 nitrogen and oxygen atoms in total. The predicted octanol–water partition coefficient (Wildman–Crippen LogP) is 1.32. The Balaban J connectivity index is 2.49. The summed E-state index contributed by atoms with van der Waals surface area (Å²) in [6, 6.07) is 0. The lowest BCUT2D eigenvalue weighted by Gasteiger charge is -2.05. The van der Waals surface area contributed by atoms with E-state index in [1.54, 1.807) is 11.1 Å². The van der Waals surface area contributed by atoms with Crippen molar-refractivity contribution in [3.63, 3.8) is 0 Å². The van der Waals surface area contributed by atoms with Crippen LogP contribution in [-0.4, -0.2) is 17.4 Å². The van der Waals surface area contributed by atoms with Crippen LogP contribution in [0.15, 0.2) is 11.7 Å². The number of likely N-dealkylation sites (tertiary alicyclic amines) is 1. The first kappa shape index (κ1) is 6.62. The summed E-state index contributed by atoms with van der Waals surface area (Å²) < 4.78 is 0. The van der Waals surface area contributed by atoms with Gasteiger partial charge in [-0.15, -0.1) is 0 Å². The predicted molar refractivity (Wildman–Crippen MR) is 35.9 cm³/mol. The molecule has 0 bridgehead atoms. The lowest BCUT2D eigenvalue weighted by atomic mass is 10.4. The highest BCUT2D eigenvalue weighted by molar-refractivity contribution is 6.25. The normalized spacial score (nSPS) is 20.1. The van der Waals surface area contributed by atoms with Gasteiger partial charge in [-0.25, -0.2) is 0 Å². The molecule has 1 aliphatic rings. The molecule has 9 heavy (non-hydrogen) atoms. The molecule has 3 heteroatoms. The fourth-order valence-electron chi connectivity index (χ4n) is 0.895. The molecule has 50 valence electrons. The molecule has 0 aromatic carbocycles. The van der Waals surface area contributed by atoms with Crippen LogP contribution in [0.2, 0.25) is 0 Å². The average Bonchev–Trinajstić information content (AvgIpc) is 2.18. The smallest absolute Gasteiger partial charge is 0.226 e. The Bertz CT molecular complexity index is 144. The van der Waals surface area contributed by atoms with Crippen LogP contribution < -0.4 is 0 Å². The van der Waals surface area contributed by atoms with E-state index in [9.17, 15) is 4.79 Å². The number of hydrogen-bond donors (Lipinski definition) is 0. The Hall–Kier alpha value is -0.500. The average molecular weight is 146 g/mol. The topological polar surface area (TPSA) is 20.3 Å². The van der Waals surface area contributed by atoms with Crippen LogP contribution in [0.1, 0.15) is 12.8 Å². The van der Waals surface area contributed by atoms with Crippen molar-refractivity contribution in [2.75, 3.05) is 6.54 Å². The maximum atomic E-state index is 10.8. The minimum atomic E-state index is 0.173. The van der Waals surface area contributed by atoms with E-state index >= 15 is 0 Å². The SMILES string of the molecule is O=C1CCCN1/C=C\Cl. The third-order valence-corrected chi connectivity index (χ3v) is 1.46. The summed E-state index contributed by atoms with van der Waals surface area (Å²) in [6.45, 7) is 0.821. The van der Waals surface area contributed by atoms with E-state index in [0.29, 0.717) is 6.42 Å². The van der Waals surface area contributed by atoms with Crippen LogP contribution in [0, 0.1) is 0 Å². The highest BCUT2D eigenvalue weighted by Gasteiger charge is 2.16. The summed E-state index contributed by atoms with van der Waals surface area (Å²) in [7, 11) is 0. The zero-order valence-corrected chi connectivity index (χ0v) is 5.77. The van der Waals surface area contributed by atoms with Gasteiger partial charge in [0, 0.05) is 24.7 Å². The van der Waals surface area contributed by atoms with Gasteiger partial charge in [-0.05, 0) is 6.42 Å². The fourth-order valence-corrected chi connectivity index (χ4v) is 1.03. The number of carbonyl (C=O) groups excluding carboxylic acids is 1. The van der Waals surface area contributed by atoms with Gasteiger partial charge >= 0.3 is 0 Å². The number of nitrogens with zero attached hydrogens (tertiary/aromatic N) is 1. The number of rotatable bonds is 1. The third-order valence-electron chi connectivity index (χ3n) is 1.35. The zero-order chi connectivity index (χ0) is 6.69. The minimum Gasteiger partial charge on any atom is -0.318 e. The first-order valence-corrected chi connectivity index (χ1v) is 3.34. The fraction of sp³-hybridized carbons (Fsp3) is 0.500. The Labute approximate surface area is 59.1 Å². The molecule has 1 rings (SSSR count). The van der Waals surface area contributed by atoms with E-state index in [0.717, 1.165) is 13.0 Å². The second-order valence-corrected chi connectivity index (χ2v) is 2.22. The van der Waals surface area contributed by atoms with Crippen molar-refractivity contribution < 1.29 is 4.79 Å². The second kappa shape index (κ2) is 2.87. The van der Waals surface area contributed by atoms with Crippen molar-refractivity contribution in [2.45, 2.75) is 12.8 Å². The largest absolute Gasteiger partial charge is 0.318 e. The Morgan fingerprint density at radius 3 is 2.89 bits per heavy atom. The summed E-state index contributed by atoms with van der Waals surface area (Å²) in [5.74, 6) is 0.173. The summed E-state index contributed by atoms with van der Waals surface area (Å²) in [4.78, 5) is 12.4. The molecule has 1 amide bonds. The van der Waals surface area contributed by atoms with Crippen molar-refractivity contribution >= 4 is 17.5 Å². The van der Waals surface area contributed by atoms with Gasteiger partial charge < -0.3 is 4.90 Å². The second-order valence-electron chi connectivity index (χ2n) is 1.97. The molecular formula is C6H8ClNO. The molecule has 0 saturated carbocycles. The van der Waals surface area contributed by atoms with Crippen LogP contribution in [0.5, 0.6) is 0 Å². The lowest BCUT2D eigenvalue weighted by molar-refractivity contribution is -0.125. The first-order valence-electron chi connectivity index (χ1n) is 2.91. The van der Waals surface area contributed by atoms with Crippen molar-refractivity contribution in [3.8, 4) is 0 Å². The molecule has 0 aromatic rings. The van der Waals surface area contributed by atoms with Crippen LogP contribution in [0.3, 0.4) is 0 Å². The lowest BCUT2D eigenvalue weighted by Crippen LogP contribution is -2.16. The summed E-state index contributed by atoms with van der Waals surface area (Å²) >= 11 is 5.27. The number of amides is 1. The van der Waals surface area contributed by atoms with Crippen LogP contribution in [0.25, 0.3) is 0 Å². The summed E-state index contributed by atoms with van der Waals surface area (Å²) in [6.07, 6.45) is 3.23. The molecule has 0 spiro atoms. The van der Waals surface area contributed by atoms with E-state index in [1.807, 2.05) is 0 Å². The van der Waals surface area contributed by atoms with Gasteiger partial charge in [-0.1, -0.05) is 11.6 Å². The monoisotopic (exact) mass is 145 g/mol. The van der Waals surface area contributed by atoms with Crippen LogP contribution in [0.4, 0.5) is 0 Å². The van der Waals surface area contributed by atoms with Gasteiger partial charge in [0.1, 0.15) is 0 Å². The number of carbonyl (C=O) groups is 1. The van der Waals surface area contributed by atoms with E-state index in [-0.39, 0.29) is 5.91 Å². The number of hydrogen-bond acceptors (Lipinski definition) is 1. The van der Waals surface area contributed by atoms with Crippen molar-refractivity contribution in [1.29, 1.82) is 0 Å². The minimum absolute atomic E-state index is 0.173. The maximum absolute atomic E-state index is 10.8. The van der Waals surface area contributed by atoms with E-state index in [2.05, 4.69) is 0 Å². The first-order chi connectivity index (χ1) is 4.34. The molecule has 0 aliphatic carbocycles. The molecule has 1 heterocycles. The van der Waals surface area contributed by atoms with Crippen molar-refractivity contribution in [1.82, 2.24) is 4.90 Å². The molecule has 0 aromatic heterocycles.